The molecular formula is C2H11KO6. The molecule has 7 heteroatoms. The van der Waals surface area contributed by atoms with Crippen LogP contribution in [0.2, 0.25) is 0 Å². The SMILES string of the molecule is CC(=O)[O-].O.O.O.O.[K+]. The largest absolute Gasteiger partial charge is 1.00 e. The monoisotopic (exact) mass is 170 g/mol. The third-order valence-electron chi connectivity index (χ3n) is 0. The van der Waals surface area contributed by atoms with Gasteiger partial charge in [0.15, 0.2) is 0 Å². The van der Waals surface area contributed by atoms with E-state index in [2.05, 4.69) is 0 Å². The molecule has 0 aliphatic rings. The Labute approximate surface area is 94.9 Å². The smallest absolute Gasteiger partial charge is 0.550 e. The average molecular weight is 170 g/mol. The van der Waals surface area contributed by atoms with Crippen molar-refractivity contribution in [1.82, 2.24) is 0 Å². The molecule has 0 radical (unpaired) electrons. The number of hydrogen-bond acceptors (Lipinski definition) is 2. The zero-order chi connectivity index (χ0) is 3.58. The Hall–Kier alpha value is 0.946. The van der Waals surface area contributed by atoms with Gasteiger partial charge in [-0.15, -0.1) is 0 Å². The van der Waals surface area contributed by atoms with Crippen molar-refractivity contribution >= 4 is 5.97 Å². The van der Waals surface area contributed by atoms with Gasteiger partial charge in [0.2, 0.25) is 0 Å². The summed E-state index contributed by atoms with van der Waals surface area (Å²) in [7, 11) is 0. The first-order valence-corrected chi connectivity index (χ1v) is 0.908. The molecule has 56 valence electrons. The van der Waals surface area contributed by atoms with E-state index in [1.807, 2.05) is 0 Å². The molecule has 9 heavy (non-hydrogen) atoms. The molecule has 0 aromatic carbocycles. The third kappa shape index (κ3) is 482. The van der Waals surface area contributed by atoms with Gasteiger partial charge in [0.1, 0.15) is 0 Å². The maximum absolute atomic E-state index is 8.89. The molecule has 0 amide bonds. The van der Waals surface area contributed by atoms with E-state index in [0.29, 0.717) is 0 Å². The molecule has 8 N–H and O–H groups in total. The number of rotatable bonds is 0. The van der Waals surface area contributed by atoms with Crippen molar-refractivity contribution in [3.05, 3.63) is 0 Å². The van der Waals surface area contributed by atoms with Gasteiger partial charge in [-0.05, 0) is 6.92 Å². The summed E-state index contributed by atoms with van der Waals surface area (Å²) in [4.78, 5) is 8.89. The molecule has 0 saturated heterocycles. The van der Waals surface area contributed by atoms with Gasteiger partial charge < -0.3 is 31.8 Å². The molecule has 0 fully saturated rings. The molecule has 0 spiro atoms. The number of hydrogen-bond donors (Lipinski definition) is 0. The minimum atomic E-state index is -1.08. The van der Waals surface area contributed by atoms with Gasteiger partial charge in [-0.2, -0.15) is 0 Å². The maximum Gasteiger partial charge on any atom is 1.00 e. The zero-order valence-corrected chi connectivity index (χ0v) is 8.44. The van der Waals surface area contributed by atoms with E-state index in [1.165, 1.54) is 0 Å². The summed E-state index contributed by atoms with van der Waals surface area (Å²) in [6.07, 6.45) is 0. The fraction of sp³-hybridized carbons (Fsp3) is 0.500. The normalized spacial score (nSPS) is 2.78. The minimum absolute atomic E-state index is 0. The van der Waals surface area contributed by atoms with Gasteiger partial charge >= 0.3 is 51.4 Å². The van der Waals surface area contributed by atoms with Crippen LogP contribution in [-0.2, 0) is 4.79 Å². The van der Waals surface area contributed by atoms with E-state index in [0.717, 1.165) is 6.92 Å². The minimum Gasteiger partial charge on any atom is -0.550 e. The average Bonchev–Trinajstić information content (AvgIpc) is 0.811. The van der Waals surface area contributed by atoms with Crippen LogP contribution >= 0.6 is 0 Å². The quantitative estimate of drug-likeness (QED) is 0.329. The Morgan fingerprint density at radius 1 is 1.11 bits per heavy atom. The summed E-state index contributed by atoms with van der Waals surface area (Å²) in [6.45, 7) is 0.972. The van der Waals surface area contributed by atoms with Crippen molar-refractivity contribution in [1.29, 1.82) is 0 Å². The third-order valence-corrected chi connectivity index (χ3v) is 0. The fourth-order valence-electron chi connectivity index (χ4n) is 0. The molecule has 0 heterocycles. The molecule has 0 rings (SSSR count). The van der Waals surface area contributed by atoms with E-state index >= 15 is 0 Å². The van der Waals surface area contributed by atoms with Crippen molar-refractivity contribution in [2.45, 2.75) is 6.92 Å². The maximum atomic E-state index is 8.89. The Morgan fingerprint density at radius 2 is 1.11 bits per heavy atom. The second kappa shape index (κ2) is 36.3. The molecule has 0 aliphatic carbocycles. The van der Waals surface area contributed by atoms with Crippen molar-refractivity contribution in [3.63, 3.8) is 0 Å². The van der Waals surface area contributed by atoms with Crippen LogP contribution in [0.4, 0.5) is 0 Å². The first-order chi connectivity index (χ1) is 1.73. The second-order valence-corrected chi connectivity index (χ2v) is 0.492. The molecule has 0 bridgehead atoms. The zero-order valence-electron chi connectivity index (χ0n) is 5.32. The van der Waals surface area contributed by atoms with Crippen LogP contribution in [0.25, 0.3) is 0 Å². The Bertz CT molecular complexity index is 34.0. The molecule has 0 unspecified atom stereocenters. The van der Waals surface area contributed by atoms with Gasteiger partial charge in [0, 0.05) is 5.97 Å². The first kappa shape index (κ1) is 51.1. The second-order valence-electron chi connectivity index (χ2n) is 0.492. The topological polar surface area (TPSA) is 166 Å². The molecule has 0 atom stereocenters. The number of carbonyl (C=O) groups is 1. The van der Waals surface area contributed by atoms with Crippen LogP contribution in [0.5, 0.6) is 0 Å². The predicted molar refractivity (Wildman–Crippen MR) is 25.1 cm³/mol. The molecule has 6 nitrogen and oxygen atoms in total. The van der Waals surface area contributed by atoms with Crippen LogP contribution < -0.4 is 56.5 Å². The summed E-state index contributed by atoms with van der Waals surface area (Å²) in [5.41, 5.74) is 0. The first-order valence-electron chi connectivity index (χ1n) is 0.908. The van der Waals surface area contributed by atoms with E-state index in [4.69, 9.17) is 9.90 Å². The van der Waals surface area contributed by atoms with Crippen LogP contribution in [0.3, 0.4) is 0 Å². The predicted octanol–water partition coefficient (Wildman–Crippen LogP) is -7.54. The molecule has 0 saturated carbocycles. The standard InChI is InChI=1S/C2H4O2.K.4H2O/c1-2(3)4;;;;;/h1H3,(H,3,4);;4*1H2/q;+1;;;;/p-1. The van der Waals surface area contributed by atoms with Crippen molar-refractivity contribution in [2.24, 2.45) is 0 Å². The van der Waals surface area contributed by atoms with Crippen molar-refractivity contribution < 1.29 is 83.2 Å². The summed E-state index contributed by atoms with van der Waals surface area (Å²) in [5.74, 6) is -1.08. The van der Waals surface area contributed by atoms with Crippen molar-refractivity contribution in [2.75, 3.05) is 0 Å². The summed E-state index contributed by atoms with van der Waals surface area (Å²) < 4.78 is 0. The van der Waals surface area contributed by atoms with Gasteiger partial charge in [-0.3, -0.25) is 0 Å². The Morgan fingerprint density at radius 3 is 1.11 bits per heavy atom. The molecule has 0 aromatic heterocycles. The fourth-order valence-corrected chi connectivity index (χ4v) is 0. The summed E-state index contributed by atoms with van der Waals surface area (Å²) >= 11 is 0. The van der Waals surface area contributed by atoms with Crippen molar-refractivity contribution in [3.8, 4) is 0 Å². The van der Waals surface area contributed by atoms with Crippen LogP contribution in [-0.4, -0.2) is 27.9 Å². The van der Waals surface area contributed by atoms with E-state index < -0.39 is 5.97 Å². The number of aliphatic carboxylic acids is 1. The molecule has 0 aliphatic heterocycles. The Kier molecular flexibility index (Phi) is 206. The van der Waals surface area contributed by atoms with Crippen LogP contribution in [0.1, 0.15) is 6.92 Å². The summed E-state index contributed by atoms with van der Waals surface area (Å²) in [5, 5.41) is 8.89. The van der Waals surface area contributed by atoms with Crippen LogP contribution in [0, 0.1) is 0 Å². The van der Waals surface area contributed by atoms with E-state index in [9.17, 15) is 0 Å². The van der Waals surface area contributed by atoms with E-state index in [1.54, 1.807) is 0 Å². The summed E-state index contributed by atoms with van der Waals surface area (Å²) in [6, 6.07) is 0. The van der Waals surface area contributed by atoms with Gasteiger partial charge in [-0.1, -0.05) is 0 Å². The van der Waals surface area contributed by atoms with Gasteiger partial charge in [0.05, 0.1) is 0 Å². The van der Waals surface area contributed by atoms with Crippen LogP contribution in [0.15, 0.2) is 0 Å². The molecular weight excluding hydrogens is 159 g/mol. The molecule has 0 aromatic rings. The Balaban J connectivity index is -0.00000000450. The van der Waals surface area contributed by atoms with E-state index in [-0.39, 0.29) is 73.3 Å². The van der Waals surface area contributed by atoms with Gasteiger partial charge in [-0.25, -0.2) is 0 Å². The number of carboxylic acid groups (broad SMARTS) is 1. The number of carboxylic acids is 1. The number of carbonyl (C=O) groups excluding carboxylic acids is 1. The van der Waals surface area contributed by atoms with Gasteiger partial charge in [0.25, 0.3) is 0 Å².